The van der Waals surface area contributed by atoms with E-state index in [-0.39, 0.29) is 5.97 Å². The first-order valence-electron chi connectivity index (χ1n) is 5.84. The van der Waals surface area contributed by atoms with Crippen molar-refractivity contribution in [2.24, 2.45) is 5.92 Å². The first-order chi connectivity index (χ1) is 8.11. The normalized spacial score (nSPS) is 14.5. The Balaban J connectivity index is 2.17. The number of aryl methyl sites for hydroxylation is 1. The van der Waals surface area contributed by atoms with Gasteiger partial charge >= 0.3 is 5.97 Å². The number of benzene rings is 1. The van der Waals surface area contributed by atoms with Gasteiger partial charge in [-0.3, -0.25) is 0 Å². The summed E-state index contributed by atoms with van der Waals surface area (Å²) in [6.45, 7) is 2.84. The number of ether oxygens (including phenoxy) is 1. The summed E-state index contributed by atoms with van der Waals surface area (Å²) >= 11 is 0. The zero-order valence-electron chi connectivity index (χ0n) is 10.2. The summed E-state index contributed by atoms with van der Waals surface area (Å²) in [6.07, 6.45) is 2.60. The Kier molecular flexibility index (Phi) is 3.22. The van der Waals surface area contributed by atoms with Crippen LogP contribution in [0.1, 0.15) is 28.8 Å². The van der Waals surface area contributed by atoms with Gasteiger partial charge in [-0.15, -0.1) is 0 Å². The maximum absolute atomic E-state index is 11.5. The van der Waals surface area contributed by atoms with Crippen LogP contribution < -0.4 is 11.1 Å². The van der Waals surface area contributed by atoms with Gasteiger partial charge in [-0.25, -0.2) is 4.79 Å². The molecule has 0 bridgehead atoms. The molecule has 0 aromatic heterocycles. The van der Waals surface area contributed by atoms with Gasteiger partial charge in [0.15, 0.2) is 0 Å². The van der Waals surface area contributed by atoms with Crippen molar-refractivity contribution in [3.63, 3.8) is 0 Å². The van der Waals surface area contributed by atoms with Crippen molar-refractivity contribution < 1.29 is 9.53 Å². The smallest absolute Gasteiger partial charge is 0.338 e. The van der Waals surface area contributed by atoms with Crippen LogP contribution in [0.5, 0.6) is 0 Å². The molecule has 0 unspecified atom stereocenters. The van der Waals surface area contributed by atoms with Crippen LogP contribution in [0, 0.1) is 12.8 Å². The highest BCUT2D eigenvalue weighted by Crippen LogP contribution is 2.30. The lowest BCUT2D eigenvalue weighted by Crippen LogP contribution is -2.09. The van der Waals surface area contributed by atoms with Crippen LogP contribution in [0.3, 0.4) is 0 Å². The predicted molar refractivity (Wildman–Crippen MR) is 68.1 cm³/mol. The highest BCUT2D eigenvalue weighted by atomic mass is 16.5. The number of nitrogens with two attached hydrogens (primary N) is 1. The van der Waals surface area contributed by atoms with Gasteiger partial charge < -0.3 is 15.8 Å². The molecule has 92 valence electrons. The Bertz CT molecular complexity index is 439. The summed E-state index contributed by atoms with van der Waals surface area (Å²) in [5, 5.41) is 3.32. The second kappa shape index (κ2) is 4.65. The number of rotatable bonds is 4. The third-order valence-electron chi connectivity index (χ3n) is 3.08. The number of anilines is 2. The van der Waals surface area contributed by atoms with E-state index in [4.69, 9.17) is 10.5 Å². The molecular formula is C13H18N2O2. The van der Waals surface area contributed by atoms with Crippen molar-refractivity contribution in [1.82, 2.24) is 0 Å². The lowest BCUT2D eigenvalue weighted by Gasteiger charge is -2.12. The van der Waals surface area contributed by atoms with Gasteiger partial charge in [0.1, 0.15) is 0 Å². The lowest BCUT2D eigenvalue weighted by atomic mass is 10.1. The second-order valence-electron chi connectivity index (χ2n) is 4.57. The molecule has 1 aliphatic carbocycles. The molecule has 0 radical (unpaired) electrons. The molecule has 0 atom stereocenters. The molecule has 1 aliphatic rings. The quantitative estimate of drug-likeness (QED) is 0.619. The average Bonchev–Trinajstić information content (AvgIpc) is 3.12. The first kappa shape index (κ1) is 11.8. The van der Waals surface area contributed by atoms with Crippen LogP contribution in [-0.2, 0) is 4.74 Å². The molecule has 1 saturated carbocycles. The van der Waals surface area contributed by atoms with E-state index in [0.29, 0.717) is 11.3 Å². The fourth-order valence-electron chi connectivity index (χ4n) is 1.78. The summed E-state index contributed by atoms with van der Waals surface area (Å²) in [5.41, 5.74) is 8.83. The molecule has 17 heavy (non-hydrogen) atoms. The van der Waals surface area contributed by atoms with Gasteiger partial charge in [-0.05, 0) is 43.4 Å². The maximum atomic E-state index is 11.5. The van der Waals surface area contributed by atoms with Gasteiger partial charge in [0, 0.05) is 6.54 Å². The second-order valence-corrected chi connectivity index (χ2v) is 4.57. The van der Waals surface area contributed by atoms with E-state index >= 15 is 0 Å². The van der Waals surface area contributed by atoms with Gasteiger partial charge in [-0.2, -0.15) is 0 Å². The van der Waals surface area contributed by atoms with E-state index < -0.39 is 0 Å². The molecule has 0 aliphatic heterocycles. The minimum absolute atomic E-state index is 0.344. The molecule has 4 nitrogen and oxygen atoms in total. The zero-order chi connectivity index (χ0) is 12.4. The van der Waals surface area contributed by atoms with Gasteiger partial charge in [0.25, 0.3) is 0 Å². The van der Waals surface area contributed by atoms with Crippen molar-refractivity contribution in [2.45, 2.75) is 19.8 Å². The van der Waals surface area contributed by atoms with Crippen molar-refractivity contribution in [1.29, 1.82) is 0 Å². The summed E-state index contributed by atoms with van der Waals surface area (Å²) < 4.78 is 4.71. The first-order valence-corrected chi connectivity index (χ1v) is 5.84. The van der Waals surface area contributed by atoms with Crippen LogP contribution in [0.2, 0.25) is 0 Å². The molecular weight excluding hydrogens is 216 g/mol. The number of nitrogen functional groups attached to an aromatic ring is 1. The lowest BCUT2D eigenvalue weighted by molar-refractivity contribution is 0.0600. The van der Waals surface area contributed by atoms with E-state index in [1.54, 1.807) is 6.07 Å². The topological polar surface area (TPSA) is 64.3 Å². The van der Waals surface area contributed by atoms with Crippen molar-refractivity contribution in [3.05, 3.63) is 23.3 Å². The Morgan fingerprint density at radius 3 is 2.82 bits per heavy atom. The molecule has 0 saturated heterocycles. The van der Waals surface area contributed by atoms with Crippen LogP contribution in [-0.4, -0.2) is 19.6 Å². The number of nitrogens with one attached hydrogen (secondary N) is 1. The SMILES string of the molecule is COC(=O)c1cc(N)c(NCC2CC2)cc1C. The number of carbonyl (C=O) groups is 1. The summed E-state index contributed by atoms with van der Waals surface area (Å²) in [6, 6.07) is 3.58. The number of hydrogen-bond acceptors (Lipinski definition) is 4. The highest BCUT2D eigenvalue weighted by molar-refractivity contribution is 5.93. The van der Waals surface area contributed by atoms with Crippen LogP contribution in [0.15, 0.2) is 12.1 Å². The largest absolute Gasteiger partial charge is 0.465 e. The number of esters is 1. The predicted octanol–water partition coefficient (Wildman–Crippen LogP) is 2.19. The fraction of sp³-hybridized carbons (Fsp3) is 0.462. The highest BCUT2D eigenvalue weighted by Gasteiger charge is 2.21. The van der Waals surface area contributed by atoms with E-state index in [2.05, 4.69) is 5.32 Å². The van der Waals surface area contributed by atoms with Crippen molar-refractivity contribution in [3.8, 4) is 0 Å². The molecule has 1 aromatic rings. The zero-order valence-corrected chi connectivity index (χ0v) is 10.2. The average molecular weight is 234 g/mol. The molecule has 4 heteroatoms. The molecule has 1 aromatic carbocycles. The molecule has 0 amide bonds. The van der Waals surface area contributed by atoms with E-state index in [1.165, 1.54) is 20.0 Å². The van der Waals surface area contributed by atoms with Crippen LogP contribution in [0.4, 0.5) is 11.4 Å². The third-order valence-corrected chi connectivity index (χ3v) is 3.08. The van der Waals surface area contributed by atoms with Crippen molar-refractivity contribution in [2.75, 3.05) is 24.7 Å². The monoisotopic (exact) mass is 234 g/mol. The molecule has 1 fully saturated rings. The summed E-state index contributed by atoms with van der Waals surface area (Å²) in [5.74, 6) is 0.443. The van der Waals surface area contributed by atoms with Gasteiger partial charge in [0.05, 0.1) is 24.0 Å². The Hall–Kier alpha value is -1.71. The van der Waals surface area contributed by atoms with E-state index in [9.17, 15) is 4.79 Å². The molecule has 0 spiro atoms. The Morgan fingerprint density at radius 2 is 2.24 bits per heavy atom. The van der Waals surface area contributed by atoms with E-state index in [1.807, 2.05) is 13.0 Å². The van der Waals surface area contributed by atoms with Crippen molar-refractivity contribution >= 4 is 17.3 Å². The molecule has 0 heterocycles. The van der Waals surface area contributed by atoms with Gasteiger partial charge in [0.2, 0.25) is 0 Å². The molecule has 2 rings (SSSR count). The van der Waals surface area contributed by atoms with Crippen LogP contribution in [0.25, 0.3) is 0 Å². The fourth-order valence-corrected chi connectivity index (χ4v) is 1.78. The minimum Gasteiger partial charge on any atom is -0.465 e. The standard InChI is InChI=1S/C13H18N2O2/c1-8-5-12(15-7-9-3-4-9)11(14)6-10(8)13(16)17-2/h5-6,9,15H,3-4,7,14H2,1-2H3. The Labute approximate surface area is 101 Å². The summed E-state index contributed by atoms with van der Waals surface area (Å²) in [7, 11) is 1.37. The van der Waals surface area contributed by atoms with E-state index in [0.717, 1.165) is 23.7 Å². The number of methoxy groups -OCH3 is 1. The number of carbonyl (C=O) groups excluding carboxylic acids is 1. The molecule has 3 N–H and O–H groups in total. The van der Waals surface area contributed by atoms with Crippen LogP contribution >= 0.6 is 0 Å². The Morgan fingerprint density at radius 1 is 1.53 bits per heavy atom. The minimum atomic E-state index is -0.344. The summed E-state index contributed by atoms with van der Waals surface area (Å²) in [4.78, 5) is 11.5. The maximum Gasteiger partial charge on any atom is 0.338 e. The van der Waals surface area contributed by atoms with Gasteiger partial charge in [-0.1, -0.05) is 0 Å². The number of hydrogen-bond donors (Lipinski definition) is 2. The third kappa shape index (κ3) is 2.70.